The molecular formula is C14H14F2N4OS. The Bertz CT molecular complexity index is 682. The van der Waals surface area contributed by atoms with Crippen LogP contribution in [0.15, 0.2) is 36.0 Å². The van der Waals surface area contributed by atoms with Crippen LogP contribution in [0.3, 0.4) is 0 Å². The van der Waals surface area contributed by atoms with Gasteiger partial charge in [0.15, 0.2) is 5.16 Å². The summed E-state index contributed by atoms with van der Waals surface area (Å²) in [5.41, 5.74) is -0.447. The topological polar surface area (TPSA) is 59.8 Å². The third kappa shape index (κ3) is 3.70. The molecule has 0 fully saturated rings. The number of nitrogens with one attached hydrogen (secondary N) is 1. The minimum absolute atomic E-state index is 0.0386. The van der Waals surface area contributed by atoms with E-state index < -0.39 is 23.2 Å². The predicted molar refractivity (Wildman–Crippen MR) is 80.7 cm³/mol. The van der Waals surface area contributed by atoms with Crippen molar-refractivity contribution in [3.05, 3.63) is 48.3 Å². The Morgan fingerprint density at radius 1 is 1.41 bits per heavy atom. The van der Waals surface area contributed by atoms with Crippen molar-refractivity contribution >= 4 is 23.4 Å². The van der Waals surface area contributed by atoms with Gasteiger partial charge in [-0.05, 0) is 19.1 Å². The molecule has 22 heavy (non-hydrogen) atoms. The lowest BCUT2D eigenvalue weighted by Gasteiger charge is -2.08. The van der Waals surface area contributed by atoms with Gasteiger partial charge in [-0.3, -0.25) is 4.79 Å². The summed E-state index contributed by atoms with van der Waals surface area (Å²) >= 11 is 1.13. The Balaban J connectivity index is 2.00. The van der Waals surface area contributed by atoms with Crippen LogP contribution in [0.2, 0.25) is 0 Å². The van der Waals surface area contributed by atoms with Crippen LogP contribution < -0.4 is 5.32 Å². The number of aromatic nitrogens is 3. The van der Waals surface area contributed by atoms with E-state index >= 15 is 0 Å². The highest BCUT2D eigenvalue weighted by molar-refractivity contribution is 7.99. The molecule has 1 N–H and O–H groups in total. The molecule has 0 radical (unpaired) electrons. The maximum absolute atomic E-state index is 13.4. The number of aryl methyl sites for hydroxylation is 1. The lowest BCUT2D eigenvalue weighted by Crippen LogP contribution is -2.16. The molecule has 2 rings (SSSR count). The maximum atomic E-state index is 13.4. The van der Waals surface area contributed by atoms with Gasteiger partial charge in [0.2, 0.25) is 5.91 Å². The first-order valence-electron chi connectivity index (χ1n) is 6.40. The number of hydrogen-bond acceptors (Lipinski definition) is 4. The SMILES string of the molecule is C=CCn1c(C)nnc1SCC(=O)Nc1c(F)cccc1F. The van der Waals surface area contributed by atoms with E-state index in [0.29, 0.717) is 17.5 Å². The summed E-state index contributed by atoms with van der Waals surface area (Å²) in [6, 6.07) is 3.39. The second kappa shape index (κ2) is 7.17. The Morgan fingerprint density at radius 2 is 2.09 bits per heavy atom. The van der Waals surface area contributed by atoms with Gasteiger partial charge in [-0.25, -0.2) is 8.78 Å². The lowest BCUT2D eigenvalue weighted by molar-refractivity contribution is -0.113. The summed E-state index contributed by atoms with van der Waals surface area (Å²) in [6.45, 7) is 5.95. The molecular weight excluding hydrogens is 310 g/mol. The predicted octanol–water partition coefficient (Wildman–Crippen LogP) is 2.78. The molecule has 0 aliphatic heterocycles. The number of carbonyl (C=O) groups excluding carboxylic acids is 1. The zero-order chi connectivity index (χ0) is 16.1. The number of allylic oxidation sites excluding steroid dienone is 1. The van der Waals surface area contributed by atoms with Crippen molar-refractivity contribution in [2.45, 2.75) is 18.6 Å². The fourth-order valence-electron chi connectivity index (χ4n) is 1.73. The van der Waals surface area contributed by atoms with E-state index in [1.165, 1.54) is 6.07 Å². The van der Waals surface area contributed by atoms with Crippen LogP contribution in [0.25, 0.3) is 0 Å². The number of rotatable bonds is 6. The zero-order valence-corrected chi connectivity index (χ0v) is 12.7. The second-order valence-corrected chi connectivity index (χ2v) is 5.31. The molecule has 1 aromatic carbocycles. The number of benzene rings is 1. The van der Waals surface area contributed by atoms with Crippen LogP contribution >= 0.6 is 11.8 Å². The molecule has 1 amide bonds. The molecule has 5 nitrogen and oxygen atoms in total. The molecule has 0 saturated carbocycles. The molecule has 2 aromatic rings. The van der Waals surface area contributed by atoms with Crippen molar-refractivity contribution in [1.29, 1.82) is 0 Å². The van der Waals surface area contributed by atoms with E-state index in [9.17, 15) is 13.6 Å². The van der Waals surface area contributed by atoms with Crippen molar-refractivity contribution in [3.63, 3.8) is 0 Å². The van der Waals surface area contributed by atoms with Crippen LogP contribution in [0, 0.1) is 18.6 Å². The average Bonchev–Trinajstić information content (AvgIpc) is 2.82. The molecule has 1 aromatic heterocycles. The van der Waals surface area contributed by atoms with Crippen LogP contribution in [0.5, 0.6) is 0 Å². The average molecular weight is 324 g/mol. The largest absolute Gasteiger partial charge is 0.320 e. The quantitative estimate of drug-likeness (QED) is 0.656. The van der Waals surface area contributed by atoms with E-state index in [0.717, 1.165) is 23.9 Å². The minimum atomic E-state index is -0.816. The fourth-order valence-corrected chi connectivity index (χ4v) is 2.52. The fraction of sp³-hybridized carbons (Fsp3) is 0.214. The first-order chi connectivity index (χ1) is 10.5. The Hall–Kier alpha value is -2.22. The van der Waals surface area contributed by atoms with Crippen molar-refractivity contribution < 1.29 is 13.6 Å². The lowest BCUT2D eigenvalue weighted by atomic mass is 10.3. The first kappa shape index (κ1) is 16.2. The van der Waals surface area contributed by atoms with Gasteiger partial charge in [0.1, 0.15) is 23.1 Å². The van der Waals surface area contributed by atoms with Crippen molar-refractivity contribution in [3.8, 4) is 0 Å². The van der Waals surface area contributed by atoms with Crippen molar-refractivity contribution in [2.24, 2.45) is 0 Å². The van der Waals surface area contributed by atoms with Crippen LogP contribution in [-0.4, -0.2) is 26.4 Å². The Kier molecular flexibility index (Phi) is 5.26. The smallest absolute Gasteiger partial charge is 0.235 e. The van der Waals surface area contributed by atoms with Gasteiger partial charge in [0.25, 0.3) is 0 Å². The highest BCUT2D eigenvalue weighted by atomic mass is 32.2. The summed E-state index contributed by atoms with van der Waals surface area (Å²) in [7, 11) is 0. The molecule has 0 aliphatic carbocycles. The summed E-state index contributed by atoms with van der Waals surface area (Å²) in [5.74, 6) is -1.50. The van der Waals surface area contributed by atoms with Crippen molar-refractivity contribution in [2.75, 3.05) is 11.1 Å². The standard InChI is InChI=1S/C14H14F2N4OS/c1-3-7-20-9(2)18-19-14(20)22-8-12(21)17-13-10(15)5-4-6-11(13)16/h3-6H,1,7-8H2,2H3,(H,17,21). The highest BCUT2D eigenvalue weighted by Crippen LogP contribution is 2.20. The Labute approximate surface area is 130 Å². The summed E-state index contributed by atoms with van der Waals surface area (Å²) in [4.78, 5) is 11.8. The molecule has 8 heteroatoms. The number of anilines is 1. The molecule has 1 heterocycles. The summed E-state index contributed by atoms with van der Waals surface area (Å²) in [6.07, 6.45) is 1.69. The van der Waals surface area contributed by atoms with Gasteiger partial charge in [0, 0.05) is 6.54 Å². The summed E-state index contributed by atoms with van der Waals surface area (Å²) < 4.78 is 28.7. The normalized spacial score (nSPS) is 10.5. The van der Waals surface area contributed by atoms with E-state index in [1.54, 1.807) is 17.6 Å². The van der Waals surface area contributed by atoms with Gasteiger partial charge in [-0.15, -0.1) is 16.8 Å². The van der Waals surface area contributed by atoms with Gasteiger partial charge in [-0.2, -0.15) is 0 Å². The molecule has 116 valence electrons. The number of amides is 1. The van der Waals surface area contributed by atoms with Crippen molar-refractivity contribution in [1.82, 2.24) is 14.8 Å². The zero-order valence-electron chi connectivity index (χ0n) is 11.8. The molecule has 0 aliphatic rings. The van der Waals surface area contributed by atoms with Crippen LogP contribution in [0.4, 0.5) is 14.5 Å². The maximum Gasteiger partial charge on any atom is 0.235 e. The van der Waals surface area contributed by atoms with E-state index in [2.05, 4.69) is 22.1 Å². The van der Waals surface area contributed by atoms with Gasteiger partial charge < -0.3 is 9.88 Å². The highest BCUT2D eigenvalue weighted by Gasteiger charge is 2.14. The van der Waals surface area contributed by atoms with E-state index in [1.807, 2.05) is 0 Å². The molecule has 0 atom stereocenters. The summed E-state index contributed by atoms with van der Waals surface area (Å²) in [5, 5.41) is 10.6. The number of carbonyl (C=O) groups is 1. The van der Waals surface area contributed by atoms with Gasteiger partial charge >= 0.3 is 0 Å². The molecule has 0 saturated heterocycles. The number of thioether (sulfide) groups is 1. The van der Waals surface area contributed by atoms with E-state index in [4.69, 9.17) is 0 Å². The number of halogens is 2. The monoisotopic (exact) mass is 324 g/mol. The van der Waals surface area contributed by atoms with Gasteiger partial charge in [0.05, 0.1) is 5.75 Å². The number of nitrogens with zero attached hydrogens (tertiary/aromatic N) is 3. The molecule has 0 unspecified atom stereocenters. The number of para-hydroxylation sites is 1. The third-order valence-corrected chi connectivity index (χ3v) is 3.74. The van der Waals surface area contributed by atoms with Gasteiger partial charge in [-0.1, -0.05) is 23.9 Å². The number of hydrogen-bond donors (Lipinski definition) is 1. The minimum Gasteiger partial charge on any atom is -0.320 e. The third-order valence-electron chi connectivity index (χ3n) is 2.77. The molecule has 0 spiro atoms. The Morgan fingerprint density at radius 3 is 2.73 bits per heavy atom. The van der Waals surface area contributed by atoms with Crippen LogP contribution in [-0.2, 0) is 11.3 Å². The second-order valence-electron chi connectivity index (χ2n) is 4.36. The van der Waals surface area contributed by atoms with Crippen LogP contribution in [0.1, 0.15) is 5.82 Å². The molecule has 0 bridgehead atoms. The first-order valence-corrected chi connectivity index (χ1v) is 7.39. The van der Waals surface area contributed by atoms with E-state index in [-0.39, 0.29) is 5.75 Å².